The second kappa shape index (κ2) is 5.47. The van der Waals surface area contributed by atoms with Crippen LogP contribution in [0.5, 0.6) is 0 Å². The molecular weight excluding hydrogens is 256 g/mol. The summed E-state index contributed by atoms with van der Waals surface area (Å²) in [6, 6.07) is 0.186. The van der Waals surface area contributed by atoms with Gasteiger partial charge in [0.25, 0.3) is 0 Å². The molecule has 0 bridgehead atoms. The lowest BCUT2D eigenvalue weighted by Crippen LogP contribution is -2.49. The molecule has 108 valence electrons. The molecule has 1 fully saturated rings. The van der Waals surface area contributed by atoms with E-state index in [1.165, 1.54) is 0 Å². The highest BCUT2D eigenvalue weighted by Crippen LogP contribution is 2.23. The van der Waals surface area contributed by atoms with Crippen molar-refractivity contribution in [3.63, 3.8) is 0 Å². The first-order chi connectivity index (χ1) is 9.67. The van der Waals surface area contributed by atoms with Crippen LogP contribution in [0, 0.1) is 0 Å². The molecule has 6 nitrogen and oxygen atoms in total. The van der Waals surface area contributed by atoms with E-state index in [4.69, 9.17) is 10.3 Å². The lowest BCUT2D eigenvalue weighted by atomic mass is 9.85. The summed E-state index contributed by atoms with van der Waals surface area (Å²) in [7, 11) is 0. The van der Waals surface area contributed by atoms with Gasteiger partial charge in [0.1, 0.15) is 0 Å². The van der Waals surface area contributed by atoms with E-state index in [1.807, 2.05) is 12.2 Å². The fourth-order valence-electron chi connectivity index (χ4n) is 2.65. The van der Waals surface area contributed by atoms with Crippen molar-refractivity contribution >= 4 is 0 Å². The molecule has 0 amide bonds. The normalized spacial score (nSPS) is 32.9. The molecule has 3 atom stereocenters. The van der Waals surface area contributed by atoms with Crippen molar-refractivity contribution in [3.8, 4) is 0 Å². The molecule has 1 unspecified atom stereocenters. The van der Waals surface area contributed by atoms with Crippen LogP contribution < -0.4 is 11.1 Å². The van der Waals surface area contributed by atoms with E-state index in [-0.39, 0.29) is 6.04 Å². The van der Waals surface area contributed by atoms with Gasteiger partial charge in [-0.2, -0.15) is 4.98 Å². The first kappa shape index (κ1) is 13.5. The molecule has 3 rings (SSSR count). The predicted molar refractivity (Wildman–Crippen MR) is 73.8 cm³/mol. The molecule has 2 aliphatic rings. The van der Waals surface area contributed by atoms with Gasteiger partial charge in [-0.1, -0.05) is 29.5 Å². The molecular formula is C14H20N4O2. The number of aromatic nitrogens is 2. The number of nitrogens with one attached hydrogen (secondary N) is 1. The Morgan fingerprint density at radius 1 is 1.50 bits per heavy atom. The van der Waals surface area contributed by atoms with Crippen molar-refractivity contribution in [1.29, 1.82) is 0 Å². The SMILES string of the molecule is NC1(CCc2noc([C@@H]3CCCN3)n2)C=CC=C[C@@H]1O. The smallest absolute Gasteiger partial charge is 0.243 e. The first-order valence-electron chi connectivity index (χ1n) is 7.06. The van der Waals surface area contributed by atoms with Crippen LogP contribution in [0.3, 0.4) is 0 Å². The first-order valence-corrected chi connectivity index (χ1v) is 7.06. The standard InChI is InChI=1S/C14H20N4O2/c15-14(7-2-1-5-11(14)19)8-6-12-17-13(20-18-12)10-4-3-9-16-10/h1-2,5,7,10-11,16,19H,3-4,6,8-9,15H2/t10-,11-,14?/m0/s1. The van der Waals surface area contributed by atoms with Crippen molar-refractivity contribution in [2.45, 2.75) is 43.4 Å². The summed E-state index contributed by atoms with van der Waals surface area (Å²) in [5, 5.41) is 17.3. The highest BCUT2D eigenvalue weighted by molar-refractivity contribution is 5.24. The molecule has 6 heteroatoms. The Balaban J connectivity index is 1.61. The van der Waals surface area contributed by atoms with Crippen molar-refractivity contribution in [1.82, 2.24) is 15.5 Å². The molecule has 0 radical (unpaired) electrons. The number of aliphatic hydroxyl groups is 1. The summed E-state index contributed by atoms with van der Waals surface area (Å²) in [5.41, 5.74) is 5.44. The van der Waals surface area contributed by atoms with E-state index in [0.29, 0.717) is 24.6 Å². The minimum atomic E-state index is -0.749. The summed E-state index contributed by atoms with van der Waals surface area (Å²) in [6.07, 6.45) is 9.85. The monoisotopic (exact) mass is 276 g/mol. The number of aryl methyl sites for hydroxylation is 1. The Hall–Kier alpha value is -1.50. The second-order valence-corrected chi connectivity index (χ2v) is 5.50. The third-order valence-corrected chi connectivity index (χ3v) is 3.99. The summed E-state index contributed by atoms with van der Waals surface area (Å²) in [6.45, 7) is 0.998. The minimum Gasteiger partial charge on any atom is -0.387 e. The van der Waals surface area contributed by atoms with Gasteiger partial charge in [0.15, 0.2) is 5.82 Å². The van der Waals surface area contributed by atoms with Gasteiger partial charge in [-0.3, -0.25) is 0 Å². The van der Waals surface area contributed by atoms with Gasteiger partial charge >= 0.3 is 0 Å². The lowest BCUT2D eigenvalue weighted by Gasteiger charge is -2.31. The molecule has 2 heterocycles. The van der Waals surface area contributed by atoms with E-state index < -0.39 is 11.6 Å². The van der Waals surface area contributed by atoms with Crippen LogP contribution in [-0.4, -0.2) is 33.4 Å². The third kappa shape index (κ3) is 2.67. The molecule has 0 spiro atoms. The zero-order valence-electron chi connectivity index (χ0n) is 11.3. The number of hydrogen-bond acceptors (Lipinski definition) is 6. The molecule has 4 N–H and O–H groups in total. The predicted octanol–water partition coefficient (Wildman–Crippen LogP) is 0.611. The molecule has 0 saturated carbocycles. The lowest BCUT2D eigenvalue weighted by molar-refractivity contribution is 0.146. The molecule has 1 aliphatic heterocycles. The van der Waals surface area contributed by atoms with Crippen molar-refractivity contribution < 1.29 is 9.63 Å². The highest BCUT2D eigenvalue weighted by atomic mass is 16.5. The number of nitrogens with two attached hydrogens (primary N) is 1. The van der Waals surface area contributed by atoms with E-state index in [0.717, 1.165) is 19.4 Å². The Kier molecular flexibility index (Phi) is 3.69. The van der Waals surface area contributed by atoms with Crippen molar-refractivity contribution in [3.05, 3.63) is 36.0 Å². The average molecular weight is 276 g/mol. The molecule has 1 saturated heterocycles. The number of allylic oxidation sites excluding steroid dienone is 2. The highest BCUT2D eigenvalue weighted by Gasteiger charge is 2.31. The summed E-state index contributed by atoms with van der Waals surface area (Å²) in [5.74, 6) is 1.30. The number of nitrogens with zero attached hydrogens (tertiary/aromatic N) is 2. The Labute approximate surface area is 117 Å². The Morgan fingerprint density at radius 3 is 3.15 bits per heavy atom. The van der Waals surface area contributed by atoms with E-state index in [2.05, 4.69) is 15.5 Å². The van der Waals surface area contributed by atoms with Gasteiger partial charge in [0, 0.05) is 6.42 Å². The minimum absolute atomic E-state index is 0.186. The third-order valence-electron chi connectivity index (χ3n) is 3.99. The average Bonchev–Trinajstić information content (AvgIpc) is 3.10. The van der Waals surface area contributed by atoms with Crippen LogP contribution in [-0.2, 0) is 6.42 Å². The molecule has 20 heavy (non-hydrogen) atoms. The maximum absolute atomic E-state index is 9.95. The topological polar surface area (TPSA) is 97.2 Å². The summed E-state index contributed by atoms with van der Waals surface area (Å²) >= 11 is 0. The van der Waals surface area contributed by atoms with Gasteiger partial charge < -0.3 is 20.7 Å². The fraction of sp³-hybridized carbons (Fsp3) is 0.571. The van der Waals surface area contributed by atoms with Crippen LogP contribution in [0.1, 0.15) is 37.0 Å². The summed E-state index contributed by atoms with van der Waals surface area (Å²) in [4.78, 5) is 4.41. The quantitative estimate of drug-likeness (QED) is 0.745. The van der Waals surface area contributed by atoms with E-state index in [9.17, 15) is 5.11 Å². The maximum atomic E-state index is 9.95. The number of aliphatic hydroxyl groups excluding tert-OH is 1. The Morgan fingerprint density at radius 2 is 2.40 bits per heavy atom. The Bertz CT molecular complexity index is 519. The van der Waals surface area contributed by atoms with Crippen LogP contribution in [0.4, 0.5) is 0 Å². The van der Waals surface area contributed by atoms with Crippen LogP contribution in [0.25, 0.3) is 0 Å². The van der Waals surface area contributed by atoms with Crippen LogP contribution in [0.2, 0.25) is 0 Å². The molecule has 1 aromatic heterocycles. The molecule has 1 aromatic rings. The number of hydrogen-bond donors (Lipinski definition) is 3. The summed E-state index contributed by atoms with van der Waals surface area (Å²) < 4.78 is 5.29. The molecule has 1 aliphatic carbocycles. The van der Waals surface area contributed by atoms with Gasteiger partial charge in [0.2, 0.25) is 5.89 Å². The van der Waals surface area contributed by atoms with Crippen LogP contribution >= 0.6 is 0 Å². The van der Waals surface area contributed by atoms with E-state index >= 15 is 0 Å². The van der Waals surface area contributed by atoms with Gasteiger partial charge in [0.05, 0.1) is 17.7 Å². The van der Waals surface area contributed by atoms with Gasteiger partial charge in [-0.05, 0) is 25.8 Å². The maximum Gasteiger partial charge on any atom is 0.243 e. The number of rotatable bonds is 4. The van der Waals surface area contributed by atoms with Crippen LogP contribution in [0.15, 0.2) is 28.8 Å². The molecule has 0 aromatic carbocycles. The largest absolute Gasteiger partial charge is 0.387 e. The zero-order valence-corrected chi connectivity index (χ0v) is 11.3. The zero-order chi connectivity index (χ0) is 14.0. The second-order valence-electron chi connectivity index (χ2n) is 5.50. The van der Waals surface area contributed by atoms with Gasteiger partial charge in [-0.25, -0.2) is 0 Å². The van der Waals surface area contributed by atoms with Gasteiger partial charge in [-0.15, -0.1) is 0 Å². The van der Waals surface area contributed by atoms with Crippen molar-refractivity contribution in [2.75, 3.05) is 6.54 Å². The van der Waals surface area contributed by atoms with E-state index in [1.54, 1.807) is 12.2 Å². The fourth-order valence-corrected chi connectivity index (χ4v) is 2.65. The van der Waals surface area contributed by atoms with Crippen molar-refractivity contribution in [2.24, 2.45) is 5.73 Å².